The Balaban J connectivity index is 2.50. The largest absolute Gasteiger partial charge is 0.387 e. The molecule has 0 aromatic heterocycles. The van der Waals surface area contributed by atoms with Crippen molar-refractivity contribution in [1.29, 1.82) is 0 Å². The number of nitrogens with one attached hydrogen (secondary N) is 1. The molecule has 0 fully saturated rings. The van der Waals surface area contributed by atoms with Gasteiger partial charge in [0.15, 0.2) is 0 Å². The van der Waals surface area contributed by atoms with Crippen LogP contribution in [0.25, 0.3) is 0 Å². The fourth-order valence-corrected chi connectivity index (χ4v) is 1.42. The van der Waals surface area contributed by atoms with Gasteiger partial charge in [-0.25, -0.2) is 0 Å². The van der Waals surface area contributed by atoms with Gasteiger partial charge in [0.1, 0.15) is 5.88 Å². The van der Waals surface area contributed by atoms with E-state index in [0.29, 0.717) is 0 Å². The molecular formula is C10H11BrClNO2. The van der Waals surface area contributed by atoms with Crippen LogP contribution in [0.15, 0.2) is 28.7 Å². The third kappa shape index (κ3) is 4.20. The molecule has 1 rings (SSSR count). The highest BCUT2D eigenvalue weighted by Crippen LogP contribution is 2.16. The smallest absolute Gasteiger partial charge is 0.235 e. The van der Waals surface area contributed by atoms with Gasteiger partial charge in [0.05, 0.1) is 6.10 Å². The molecule has 0 radical (unpaired) electrons. The van der Waals surface area contributed by atoms with Crippen molar-refractivity contribution in [3.8, 4) is 0 Å². The number of carbonyl (C=O) groups excluding carboxylic acids is 1. The minimum absolute atomic E-state index is 0.0902. The van der Waals surface area contributed by atoms with Crippen LogP contribution in [0.3, 0.4) is 0 Å². The molecule has 0 heterocycles. The topological polar surface area (TPSA) is 49.3 Å². The maximum Gasteiger partial charge on any atom is 0.235 e. The van der Waals surface area contributed by atoms with Crippen molar-refractivity contribution in [3.63, 3.8) is 0 Å². The normalized spacial score (nSPS) is 12.2. The van der Waals surface area contributed by atoms with Crippen LogP contribution in [0.4, 0.5) is 0 Å². The molecule has 1 atom stereocenters. The maximum absolute atomic E-state index is 10.8. The molecule has 0 bridgehead atoms. The summed E-state index contributed by atoms with van der Waals surface area (Å²) in [5.41, 5.74) is 0.757. The molecule has 1 unspecified atom stereocenters. The summed E-state index contributed by atoms with van der Waals surface area (Å²) in [6, 6.07) is 7.26. The fraction of sp³-hybridized carbons (Fsp3) is 0.300. The summed E-state index contributed by atoms with van der Waals surface area (Å²) >= 11 is 8.60. The SMILES string of the molecule is O=C(CCl)NCC(O)c1ccc(Br)cc1. The molecule has 15 heavy (non-hydrogen) atoms. The molecule has 1 aromatic rings. The highest BCUT2D eigenvalue weighted by Gasteiger charge is 2.08. The van der Waals surface area contributed by atoms with Gasteiger partial charge >= 0.3 is 0 Å². The van der Waals surface area contributed by atoms with Crippen molar-refractivity contribution in [1.82, 2.24) is 5.32 Å². The summed E-state index contributed by atoms with van der Waals surface area (Å²) in [7, 11) is 0. The first-order valence-corrected chi connectivity index (χ1v) is 5.72. The van der Waals surface area contributed by atoms with Crippen LogP contribution in [0, 0.1) is 0 Å². The van der Waals surface area contributed by atoms with Crippen LogP contribution >= 0.6 is 27.5 Å². The van der Waals surface area contributed by atoms with E-state index in [1.807, 2.05) is 12.1 Å². The Kier molecular flexibility index (Phi) is 5.08. The zero-order valence-corrected chi connectivity index (χ0v) is 10.3. The molecule has 1 aromatic carbocycles. The van der Waals surface area contributed by atoms with Crippen LogP contribution in [-0.4, -0.2) is 23.4 Å². The number of alkyl halides is 1. The number of aliphatic hydroxyl groups is 1. The van der Waals surface area contributed by atoms with Gasteiger partial charge in [-0.15, -0.1) is 11.6 Å². The number of hydrogen-bond acceptors (Lipinski definition) is 2. The van der Waals surface area contributed by atoms with Gasteiger partial charge in [-0.1, -0.05) is 28.1 Å². The van der Waals surface area contributed by atoms with Gasteiger partial charge in [-0.2, -0.15) is 0 Å². The van der Waals surface area contributed by atoms with Crippen molar-refractivity contribution in [2.24, 2.45) is 0 Å². The van der Waals surface area contributed by atoms with Gasteiger partial charge in [-0.3, -0.25) is 4.79 Å². The first-order chi connectivity index (χ1) is 7.13. The summed E-state index contributed by atoms with van der Waals surface area (Å²) < 4.78 is 0.947. The van der Waals surface area contributed by atoms with Gasteiger partial charge in [0.25, 0.3) is 0 Å². The van der Waals surface area contributed by atoms with E-state index in [0.717, 1.165) is 10.0 Å². The molecule has 5 heteroatoms. The number of amides is 1. The van der Waals surface area contributed by atoms with E-state index in [1.165, 1.54) is 0 Å². The summed E-state index contributed by atoms with van der Waals surface area (Å²) in [5.74, 6) is -0.375. The zero-order valence-electron chi connectivity index (χ0n) is 7.91. The molecule has 0 saturated heterocycles. The van der Waals surface area contributed by atoms with Gasteiger partial charge in [0.2, 0.25) is 5.91 Å². The van der Waals surface area contributed by atoms with E-state index in [4.69, 9.17) is 11.6 Å². The van der Waals surface area contributed by atoms with E-state index < -0.39 is 6.10 Å². The van der Waals surface area contributed by atoms with Crippen molar-refractivity contribution < 1.29 is 9.90 Å². The number of rotatable bonds is 4. The third-order valence-electron chi connectivity index (χ3n) is 1.87. The molecule has 0 aliphatic rings. The minimum atomic E-state index is -0.703. The van der Waals surface area contributed by atoms with E-state index in [2.05, 4.69) is 21.2 Å². The molecule has 0 aliphatic heterocycles. The third-order valence-corrected chi connectivity index (χ3v) is 2.64. The van der Waals surface area contributed by atoms with Crippen LogP contribution in [0.1, 0.15) is 11.7 Å². The van der Waals surface area contributed by atoms with Crippen LogP contribution in [0.2, 0.25) is 0 Å². The predicted octanol–water partition coefficient (Wildman–Crippen LogP) is 1.84. The van der Waals surface area contributed by atoms with Crippen molar-refractivity contribution in [3.05, 3.63) is 34.3 Å². The second kappa shape index (κ2) is 6.10. The van der Waals surface area contributed by atoms with Crippen LogP contribution in [0.5, 0.6) is 0 Å². The molecule has 1 amide bonds. The first-order valence-electron chi connectivity index (χ1n) is 4.39. The van der Waals surface area contributed by atoms with E-state index in [1.54, 1.807) is 12.1 Å². The van der Waals surface area contributed by atoms with Gasteiger partial charge in [-0.05, 0) is 17.7 Å². The number of carbonyl (C=O) groups is 1. The summed E-state index contributed by atoms with van der Waals surface area (Å²) in [6.07, 6.45) is -0.703. The number of hydrogen-bond donors (Lipinski definition) is 2. The molecule has 0 spiro atoms. The first kappa shape index (κ1) is 12.5. The average molecular weight is 293 g/mol. The van der Waals surface area contributed by atoms with Crippen molar-refractivity contribution >= 4 is 33.4 Å². The van der Waals surface area contributed by atoms with Crippen molar-refractivity contribution in [2.75, 3.05) is 12.4 Å². The van der Waals surface area contributed by atoms with Gasteiger partial charge in [0, 0.05) is 11.0 Å². The Morgan fingerprint density at radius 1 is 1.47 bits per heavy atom. The second-order valence-corrected chi connectivity index (χ2v) is 4.19. The molecule has 0 saturated carbocycles. The number of aliphatic hydroxyl groups excluding tert-OH is 1. The lowest BCUT2D eigenvalue weighted by molar-refractivity contribution is -0.119. The molecule has 2 N–H and O–H groups in total. The highest BCUT2D eigenvalue weighted by molar-refractivity contribution is 9.10. The highest BCUT2D eigenvalue weighted by atomic mass is 79.9. The van der Waals surface area contributed by atoms with Gasteiger partial charge < -0.3 is 10.4 Å². The average Bonchev–Trinajstić information content (AvgIpc) is 2.26. The quantitative estimate of drug-likeness (QED) is 0.832. The standard InChI is InChI=1S/C10H11BrClNO2/c11-8-3-1-7(2-4-8)9(14)6-13-10(15)5-12/h1-4,9,14H,5-6H2,(H,13,15). The second-order valence-electron chi connectivity index (χ2n) is 3.01. The van der Waals surface area contributed by atoms with E-state index in [-0.39, 0.29) is 18.3 Å². The minimum Gasteiger partial charge on any atom is -0.387 e. The number of halogens is 2. The molecule has 82 valence electrons. The Morgan fingerprint density at radius 3 is 2.60 bits per heavy atom. The zero-order chi connectivity index (χ0) is 11.3. The lowest BCUT2D eigenvalue weighted by atomic mass is 10.1. The monoisotopic (exact) mass is 291 g/mol. The van der Waals surface area contributed by atoms with Crippen LogP contribution < -0.4 is 5.32 Å². The molecular weight excluding hydrogens is 281 g/mol. The summed E-state index contributed by atoms with van der Waals surface area (Å²) in [4.78, 5) is 10.8. The maximum atomic E-state index is 10.8. The Bertz CT molecular complexity index is 329. The summed E-state index contributed by atoms with van der Waals surface area (Å²) in [6.45, 7) is 0.174. The molecule has 3 nitrogen and oxygen atoms in total. The summed E-state index contributed by atoms with van der Waals surface area (Å²) in [5, 5.41) is 12.2. The molecule has 0 aliphatic carbocycles. The lowest BCUT2D eigenvalue weighted by Gasteiger charge is -2.11. The van der Waals surface area contributed by atoms with Crippen molar-refractivity contribution in [2.45, 2.75) is 6.10 Å². The van der Waals surface area contributed by atoms with E-state index >= 15 is 0 Å². The van der Waals surface area contributed by atoms with E-state index in [9.17, 15) is 9.90 Å². The Hall–Kier alpha value is -0.580. The predicted molar refractivity (Wildman–Crippen MR) is 62.8 cm³/mol. The van der Waals surface area contributed by atoms with Crippen LogP contribution in [-0.2, 0) is 4.79 Å². The fourth-order valence-electron chi connectivity index (χ4n) is 1.06. The Morgan fingerprint density at radius 2 is 2.07 bits per heavy atom. The Labute approximate surface area is 102 Å². The number of benzene rings is 1. The lowest BCUT2D eigenvalue weighted by Crippen LogP contribution is -2.29.